The summed E-state index contributed by atoms with van der Waals surface area (Å²) >= 11 is 0. The van der Waals surface area contributed by atoms with E-state index in [9.17, 15) is 4.79 Å². The largest absolute Gasteiger partial charge is 0.462 e. The van der Waals surface area contributed by atoms with Crippen LogP contribution < -0.4 is 5.32 Å². The molecule has 0 amide bonds. The van der Waals surface area contributed by atoms with Crippen LogP contribution in [0.3, 0.4) is 0 Å². The summed E-state index contributed by atoms with van der Waals surface area (Å²) in [5, 5.41) is 12.1. The number of benzene rings is 1. The first kappa shape index (κ1) is 12.5. The predicted molar refractivity (Wildman–Crippen MR) is 62.6 cm³/mol. The lowest BCUT2D eigenvalue weighted by Crippen LogP contribution is -2.15. The predicted octanol–water partition coefficient (Wildman–Crippen LogP) is 1.66. The molecule has 1 unspecified atom stereocenters. The van der Waals surface area contributed by atoms with Crippen molar-refractivity contribution in [3.8, 4) is 0 Å². The number of nitrogens with one attached hydrogen (secondary N) is 1. The van der Waals surface area contributed by atoms with Crippen LogP contribution in [0.5, 0.6) is 0 Å². The number of rotatable bonds is 5. The Bertz CT molecular complexity index is 333. The summed E-state index contributed by atoms with van der Waals surface area (Å²) in [7, 11) is 0. The van der Waals surface area contributed by atoms with Gasteiger partial charge >= 0.3 is 5.97 Å². The van der Waals surface area contributed by atoms with Crippen LogP contribution in [0.1, 0.15) is 24.2 Å². The minimum Gasteiger partial charge on any atom is -0.462 e. The molecule has 1 atom stereocenters. The van der Waals surface area contributed by atoms with Crippen LogP contribution in [0.4, 0.5) is 5.69 Å². The number of hydrogen-bond acceptors (Lipinski definition) is 4. The zero-order chi connectivity index (χ0) is 12.0. The first-order valence-electron chi connectivity index (χ1n) is 5.32. The number of aliphatic hydroxyl groups is 1. The fraction of sp³-hybridized carbons (Fsp3) is 0.417. The van der Waals surface area contributed by atoms with E-state index < -0.39 is 6.10 Å². The van der Waals surface area contributed by atoms with E-state index in [0.717, 1.165) is 5.69 Å². The number of ether oxygens (including phenoxy) is 1. The molecule has 0 aromatic heterocycles. The van der Waals surface area contributed by atoms with Crippen molar-refractivity contribution < 1.29 is 14.6 Å². The molecule has 1 aromatic carbocycles. The minimum absolute atomic E-state index is 0.315. The molecule has 0 heterocycles. The van der Waals surface area contributed by atoms with Crippen LogP contribution in [-0.4, -0.2) is 30.3 Å². The Morgan fingerprint density at radius 3 is 2.56 bits per heavy atom. The van der Waals surface area contributed by atoms with Crippen LogP contribution >= 0.6 is 0 Å². The number of carbonyl (C=O) groups is 1. The molecule has 0 saturated carbocycles. The molecular formula is C12H17NO3. The molecule has 1 rings (SSSR count). The lowest BCUT2D eigenvalue weighted by molar-refractivity contribution is 0.0526. The van der Waals surface area contributed by atoms with E-state index in [0.29, 0.717) is 18.7 Å². The van der Waals surface area contributed by atoms with Gasteiger partial charge in [0, 0.05) is 12.2 Å². The van der Waals surface area contributed by atoms with Crippen LogP contribution in [0.15, 0.2) is 24.3 Å². The Hall–Kier alpha value is -1.55. The lowest BCUT2D eigenvalue weighted by atomic mass is 10.2. The smallest absolute Gasteiger partial charge is 0.338 e. The maximum atomic E-state index is 11.3. The van der Waals surface area contributed by atoms with Gasteiger partial charge in [-0.15, -0.1) is 0 Å². The molecule has 4 nitrogen and oxygen atoms in total. The third kappa shape index (κ3) is 3.90. The zero-order valence-corrected chi connectivity index (χ0v) is 9.56. The van der Waals surface area contributed by atoms with Crippen LogP contribution in [0, 0.1) is 0 Å². The second-order valence-electron chi connectivity index (χ2n) is 3.53. The van der Waals surface area contributed by atoms with Crippen molar-refractivity contribution in [2.45, 2.75) is 20.0 Å². The molecular weight excluding hydrogens is 206 g/mol. The third-order valence-corrected chi connectivity index (χ3v) is 2.00. The van der Waals surface area contributed by atoms with E-state index in [1.54, 1.807) is 38.1 Å². The van der Waals surface area contributed by atoms with Crippen molar-refractivity contribution in [3.05, 3.63) is 29.8 Å². The van der Waals surface area contributed by atoms with Gasteiger partial charge < -0.3 is 15.2 Å². The van der Waals surface area contributed by atoms with Gasteiger partial charge in [0.1, 0.15) is 0 Å². The highest BCUT2D eigenvalue weighted by Crippen LogP contribution is 2.10. The lowest BCUT2D eigenvalue weighted by Gasteiger charge is -2.08. The van der Waals surface area contributed by atoms with Crippen molar-refractivity contribution in [1.29, 1.82) is 0 Å². The van der Waals surface area contributed by atoms with E-state index in [2.05, 4.69) is 5.32 Å². The molecule has 0 aliphatic rings. The normalized spacial score (nSPS) is 11.9. The topological polar surface area (TPSA) is 58.6 Å². The van der Waals surface area contributed by atoms with Crippen LogP contribution in [0.25, 0.3) is 0 Å². The van der Waals surface area contributed by atoms with Crippen molar-refractivity contribution in [3.63, 3.8) is 0 Å². The van der Waals surface area contributed by atoms with Gasteiger partial charge in [0.05, 0.1) is 18.3 Å². The molecule has 0 radical (unpaired) electrons. The van der Waals surface area contributed by atoms with Crippen molar-refractivity contribution in [2.75, 3.05) is 18.5 Å². The fourth-order valence-electron chi connectivity index (χ4n) is 1.20. The first-order valence-corrected chi connectivity index (χ1v) is 5.32. The molecule has 88 valence electrons. The second-order valence-corrected chi connectivity index (χ2v) is 3.53. The number of anilines is 1. The molecule has 0 bridgehead atoms. The Morgan fingerprint density at radius 1 is 1.44 bits per heavy atom. The SMILES string of the molecule is CCOC(=O)c1ccc(NCC(C)O)cc1. The summed E-state index contributed by atoms with van der Waals surface area (Å²) < 4.78 is 4.87. The van der Waals surface area contributed by atoms with E-state index in [1.165, 1.54) is 0 Å². The second kappa shape index (κ2) is 6.12. The summed E-state index contributed by atoms with van der Waals surface area (Å²) in [6.07, 6.45) is -0.398. The highest BCUT2D eigenvalue weighted by molar-refractivity contribution is 5.89. The van der Waals surface area contributed by atoms with Gasteiger partial charge in [0.2, 0.25) is 0 Å². The highest BCUT2D eigenvalue weighted by Gasteiger charge is 2.05. The van der Waals surface area contributed by atoms with Crippen LogP contribution in [-0.2, 0) is 4.74 Å². The molecule has 0 spiro atoms. The highest BCUT2D eigenvalue weighted by atomic mass is 16.5. The zero-order valence-electron chi connectivity index (χ0n) is 9.56. The van der Waals surface area contributed by atoms with E-state index >= 15 is 0 Å². The van der Waals surface area contributed by atoms with Crippen molar-refractivity contribution >= 4 is 11.7 Å². The monoisotopic (exact) mass is 223 g/mol. The van der Waals surface area contributed by atoms with Gasteiger partial charge in [-0.25, -0.2) is 4.79 Å². The van der Waals surface area contributed by atoms with Gasteiger partial charge in [0.25, 0.3) is 0 Å². The van der Waals surface area contributed by atoms with Gasteiger partial charge in [-0.05, 0) is 38.1 Å². The molecule has 2 N–H and O–H groups in total. The minimum atomic E-state index is -0.398. The van der Waals surface area contributed by atoms with E-state index in [1.807, 2.05) is 0 Å². The maximum absolute atomic E-state index is 11.3. The number of esters is 1. The molecule has 0 aliphatic carbocycles. The molecule has 0 aliphatic heterocycles. The quantitative estimate of drug-likeness (QED) is 0.745. The Labute approximate surface area is 95.2 Å². The summed E-state index contributed by atoms with van der Waals surface area (Å²) in [4.78, 5) is 11.3. The van der Waals surface area contributed by atoms with Crippen molar-refractivity contribution in [1.82, 2.24) is 0 Å². The Balaban J connectivity index is 2.57. The fourth-order valence-corrected chi connectivity index (χ4v) is 1.20. The standard InChI is InChI=1S/C12H17NO3/c1-3-16-12(15)10-4-6-11(7-5-10)13-8-9(2)14/h4-7,9,13-14H,3,8H2,1-2H3. The van der Waals surface area contributed by atoms with Gasteiger partial charge in [0.15, 0.2) is 0 Å². The summed E-state index contributed by atoms with van der Waals surface area (Å²) in [5.74, 6) is -0.315. The number of aliphatic hydroxyl groups excluding tert-OH is 1. The van der Waals surface area contributed by atoms with E-state index in [4.69, 9.17) is 9.84 Å². The Kier molecular flexibility index (Phi) is 4.79. The van der Waals surface area contributed by atoms with E-state index in [-0.39, 0.29) is 5.97 Å². The average molecular weight is 223 g/mol. The third-order valence-electron chi connectivity index (χ3n) is 2.00. The molecule has 1 aromatic rings. The molecule has 0 saturated heterocycles. The number of carbonyl (C=O) groups excluding carboxylic acids is 1. The summed E-state index contributed by atoms with van der Waals surface area (Å²) in [6.45, 7) is 4.34. The maximum Gasteiger partial charge on any atom is 0.338 e. The van der Waals surface area contributed by atoms with Gasteiger partial charge in [-0.3, -0.25) is 0 Å². The van der Waals surface area contributed by atoms with Gasteiger partial charge in [-0.2, -0.15) is 0 Å². The van der Waals surface area contributed by atoms with Crippen LogP contribution in [0.2, 0.25) is 0 Å². The molecule has 16 heavy (non-hydrogen) atoms. The van der Waals surface area contributed by atoms with Gasteiger partial charge in [-0.1, -0.05) is 0 Å². The Morgan fingerprint density at radius 2 is 2.06 bits per heavy atom. The van der Waals surface area contributed by atoms with Crippen molar-refractivity contribution in [2.24, 2.45) is 0 Å². The number of hydrogen-bond donors (Lipinski definition) is 2. The summed E-state index contributed by atoms with van der Waals surface area (Å²) in [6, 6.07) is 6.97. The first-order chi connectivity index (χ1) is 7.63. The molecule has 4 heteroatoms. The summed E-state index contributed by atoms with van der Waals surface area (Å²) in [5.41, 5.74) is 1.40. The average Bonchev–Trinajstić information content (AvgIpc) is 2.27. The molecule has 0 fully saturated rings.